The average molecular weight is 462 g/mol. The molecule has 1 aromatic rings. The normalized spacial score (nSPS) is 18.6. The summed E-state index contributed by atoms with van der Waals surface area (Å²) < 4.78 is 22.1. The topological polar surface area (TPSA) is 97.1 Å². The summed E-state index contributed by atoms with van der Waals surface area (Å²) in [5.41, 5.74) is 7.16. The summed E-state index contributed by atoms with van der Waals surface area (Å²) in [6, 6.07) is 3.43. The number of allylic oxidation sites excluding steroid dienone is 2. The Morgan fingerprint density at radius 1 is 1.38 bits per heavy atom. The highest BCUT2D eigenvalue weighted by molar-refractivity contribution is 9.10. The Morgan fingerprint density at radius 2 is 2.14 bits per heavy atom. The molecule has 1 aliphatic carbocycles. The molecular formula is C21H20BrNO6. The Bertz CT molecular complexity index is 972. The molecule has 0 radical (unpaired) electrons. The van der Waals surface area contributed by atoms with E-state index in [9.17, 15) is 9.59 Å². The van der Waals surface area contributed by atoms with Crippen molar-refractivity contribution in [3.8, 4) is 23.8 Å². The van der Waals surface area contributed by atoms with E-state index >= 15 is 0 Å². The second kappa shape index (κ2) is 8.62. The first-order valence-corrected chi connectivity index (χ1v) is 9.67. The molecule has 0 aromatic heterocycles. The van der Waals surface area contributed by atoms with Gasteiger partial charge in [-0.05, 0) is 40.0 Å². The number of ketones is 1. The number of halogens is 1. The van der Waals surface area contributed by atoms with Crippen LogP contribution in [0.2, 0.25) is 0 Å². The number of benzene rings is 1. The van der Waals surface area contributed by atoms with E-state index in [1.165, 1.54) is 14.2 Å². The van der Waals surface area contributed by atoms with Crippen LogP contribution in [0.3, 0.4) is 0 Å². The molecule has 3 rings (SSSR count). The zero-order valence-corrected chi connectivity index (χ0v) is 17.6. The molecule has 0 bridgehead atoms. The molecule has 1 unspecified atom stereocenters. The van der Waals surface area contributed by atoms with E-state index in [0.29, 0.717) is 52.1 Å². The molecule has 0 saturated carbocycles. The van der Waals surface area contributed by atoms with Crippen molar-refractivity contribution in [2.75, 3.05) is 20.8 Å². The van der Waals surface area contributed by atoms with Crippen LogP contribution in [0, 0.1) is 12.3 Å². The minimum atomic E-state index is -0.745. The minimum Gasteiger partial charge on any atom is -0.493 e. The molecule has 7 nitrogen and oxygen atoms in total. The molecule has 2 aliphatic rings. The minimum absolute atomic E-state index is 0.0552. The highest BCUT2D eigenvalue weighted by Crippen LogP contribution is 2.47. The molecule has 29 heavy (non-hydrogen) atoms. The van der Waals surface area contributed by atoms with Crippen LogP contribution in [-0.2, 0) is 19.1 Å². The van der Waals surface area contributed by atoms with Crippen molar-refractivity contribution in [1.29, 1.82) is 0 Å². The SMILES string of the molecule is C#CCOc1c(Br)cc(C2C(C(=O)OC)=C(N)OC3=C2C(=O)CCC3)cc1OC. The zero-order chi connectivity index (χ0) is 21.1. The second-order valence-electron chi connectivity index (χ2n) is 6.45. The predicted molar refractivity (Wildman–Crippen MR) is 108 cm³/mol. The van der Waals surface area contributed by atoms with Crippen molar-refractivity contribution in [3.05, 3.63) is 45.0 Å². The molecule has 0 spiro atoms. The fourth-order valence-electron chi connectivity index (χ4n) is 3.56. The molecule has 2 N–H and O–H groups in total. The molecule has 152 valence electrons. The maximum absolute atomic E-state index is 12.8. The first kappa shape index (κ1) is 20.8. The second-order valence-corrected chi connectivity index (χ2v) is 7.30. The van der Waals surface area contributed by atoms with Gasteiger partial charge < -0.3 is 24.7 Å². The number of Topliss-reactive ketones (excluding diaryl/α,β-unsaturated/α-hetero) is 1. The number of carbonyl (C=O) groups is 2. The van der Waals surface area contributed by atoms with Crippen LogP contribution in [0.5, 0.6) is 11.5 Å². The molecule has 0 amide bonds. The zero-order valence-electron chi connectivity index (χ0n) is 16.0. The van der Waals surface area contributed by atoms with E-state index in [4.69, 9.17) is 31.1 Å². The molecule has 1 aromatic carbocycles. The van der Waals surface area contributed by atoms with E-state index in [1.807, 2.05) is 0 Å². The number of rotatable bonds is 5. The Balaban J connectivity index is 2.21. The summed E-state index contributed by atoms with van der Waals surface area (Å²) in [7, 11) is 2.74. The fraction of sp³-hybridized carbons (Fsp3) is 0.333. The molecule has 1 atom stereocenters. The van der Waals surface area contributed by atoms with Crippen LogP contribution in [0.1, 0.15) is 30.7 Å². The number of hydrogen-bond acceptors (Lipinski definition) is 7. The maximum atomic E-state index is 12.8. The third kappa shape index (κ3) is 3.83. The van der Waals surface area contributed by atoms with Crippen LogP contribution in [0.25, 0.3) is 0 Å². The van der Waals surface area contributed by atoms with E-state index in [0.717, 1.165) is 0 Å². The summed E-state index contributed by atoms with van der Waals surface area (Å²) >= 11 is 3.46. The Kier molecular flexibility index (Phi) is 6.18. The van der Waals surface area contributed by atoms with Gasteiger partial charge in [0.2, 0.25) is 5.88 Å². The lowest BCUT2D eigenvalue weighted by molar-refractivity contribution is -0.136. The van der Waals surface area contributed by atoms with Crippen molar-refractivity contribution in [2.24, 2.45) is 5.73 Å². The van der Waals surface area contributed by atoms with Gasteiger partial charge in [0.05, 0.1) is 24.6 Å². The molecule has 8 heteroatoms. The van der Waals surface area contributed by atoms with Gasteiger partial charge in [0.15, 0.2) is 17.3 Å². The van der Waals surface area contributed by atoms with Gasteiger partial charge in [-0.1, -0.05) is 5.92 Å². The fourth-order valence-corrected chi connectivity index (χ4v) is 4.13. The average Bonchev–Trinajstić information content (AvgIpc) is 2.71. The van der Waals surface area contributed by atoms with Crippen LogP contribution >= 0.6 is 15.9 Å². The number of methoxy groups -OCH3 is 2. The number of carbonyl (C=O) groups excluding carboxylic acids is 2. The summed E-state index contributed by atoms with van der Waals surface area (Å²) in [5.74, 6) is 2.12. The van der Waals surface area contributed by atoms with Gasteiger partial charge in [-0.2, -0.15) is 0 Å². The number of ether oxygens (including phenoxy) is 4. The van der Waals surface area contributed by atoms with E-state index in [2.05, 4.69) is 21.9 Å². The standard InChI is InChI=1S/C21H20BrNO6/c1-4-8-28-19-12(22)9-11(10-15(19)26-2)16-17-13(24)6-5-7-14(17)29-20(23)18(16)21(25)27-3/h1,9-10,16H,5-8,23H2,2-3H3. The molecule has 1 aliphatic heterocycles. The number of nitrogens with two attached hydrogens (primary N) is 1. The molecular weight excluding hydrogens is 442 g/mol. The third-order valence-electron chi connectivity index (χ3n) is 4.77. The van der Waals surface area contributed by atoms with Crippen molar-refractivity contribution >= 4 is 27.7 Å². The van der Waals surface area contributed by atoms with Crippen molar-refractivity contribution in [1.82, 2.24) is 0 Å². The van der Waals surface area contributed by atoms with Gasteiger partial charge in [0.1, 0.15) is 17.9 Å². The lowest BCUT2D eigenvalue weighted by Gasteiger charge is -2.32. The number of hydrogen-bond donors (Lipinski definition) is 1. The highest BCUT2D eigenvalue weighted by Gasteiger charge is 2.41. The smallest absolute Gasteiger partial charge is 0.340 e. The van der Waals surface area contributed by atoms with Crippen LogP contribution in [0.15, 0.2) is 39.4 Å². The van der Waals surface area contributed by atoms with Gasteiger partial charge in [-0.15, -0.1) is 6.42 Å². The van der Waals surface area contributed by atoms with Gasteiger partial charge >= 0.3 is 5.97 Å². The number of esters is 1. The van der Waals surface area contributed by atoms with Crippen LogP contribution < -0.4 is 15.2 Å². The Labute approximate surface area is 176 Å². The van der Waals surface area contributed by atoms with Crippen molar-refractivity contribution in [3.63, 3.8) is 0 Å². The summed E-state index contributed by atoms with van der Waals surface area (Å²) in [4.78, 5) is 25.3. The van der Waals surface area contributed by atoms with Gasteiger partial charge in [0, 0.05) is 18.4 Å². The quantitative estimate of drug-likeness (QED) is 0.531. The third-order valence-corrected chi connectivity index (χ3v) is 5.36. The molecule has 0 fully saturated rings. The van der Waals surface area contributed by atoms with Crippen LogP contribution in [-0.4, -0.2) is 32.6 Å². The van der Waals surface area contributed by atoms with E-state index in [-0.39, 0.29) is 23.8 Å². The summed E-state index contributed by atoms with van der Waals surface area (Å²) in [6.07, 6.45) is 6.87. The molecule has 1 heterocycles. The van der Waals surface area contributed by atoms with E-state index < -0.39 is 11.9 Å². The van der Waals surface area contributed by atoms with Gasteiger partial charge in [-0.3, -0.25) is 4.79 Å². The summed E-state index contributed by atoms with van der Waals surface area (Å²) in [6.45, 7) is 0.0552. The number of terminal acetylenes is 1. The first-order chi connectivity index (χ1) is 13.9. The lowest BCUT2D eigenvalue weighted by atomic mass is 9.77. The maximum Gasteiger partial charge on any atom is 0.340 e. The Morgan fingerprint density at radius 3 is 2.79 bits per heavy atom. The summed E-state index contributed by atoms with van der Waals surface area (Å²) in [5, 5.41) is 0. The highest BCUT2D eigenvalue weighted by atomic mass is 79.9. The monoisotopic (exact) mass is 461 g/mol. The molecule has 0 saturated heterocycles. The van der Waals surface area contributed by atoms with Crippen molar-refractivity contribution < 1.29 is 28.5 Å². The Hall–Kier alpha value is -2.92. The first-order valence-electron chi connectivity index (χ1n) is 8.88. The van der Waals surface area contributed by atoms with Crippen LogP contribution in [0.4, 0.5) is 0 Å². The van der Waals surface area contributed by atoms with Gasteiger partial charge in [-0.25, -0.2) is 4.79 Å². The van der Waals surface area contributed by atoms with Crippen molar-refractivity contribution in [2.45, 2.75) is 25.2 Å². The lowest BCUT2D eigenvalue weighted by Crippen LogP contribution is -2.31. The van der Waals surface area contributed by atoms with E-state index in [1.54, 1.807) is 12.1 Å². The predicted octanol–water partition coefficient (Wildman–Crippen LogP) is 2.93. The largest absolute Gasteiger partial charge is 0.493 e. The van der Waals surface area contributed by atoms with Gasteiger partial charge in [0.25, 0.3) is 0 Å².